The van der Waals surface area contributed by atoms with E-state index < -0.39 is 11.7 Å². The highest BCUT2D eigenvalue weighted by Crippen LogP contribution is 2.29. The minimum Gasteiger partial charge on any atom is -0.287 e. The second kappa shape index (κ2) is 4.89. The number of alkyl halides is 3. The third kappa shape index (κ3) is 2.95. The highest BCUT2D eigenvalue weighted by Gasteiger charge is 2.30. The number of carbonyl (C=O) groups is 1. The average molecular weight is 272 g/mol. The van der Waals surface area contributed by atoms with Crippen LogP contribution in [0.1, 0.15) is 15.9 Å². The van der Waals surface area contributed by atoms with E-state index in [1.54, 1.807) is 16.3 Å². The Kier molecular flexibility index (Phi) is 3.47. The van der Waals surface area contributed by atoms with E-state index in [4.69, 9.17) is 0 Å². The Morgan fingerprint density at radius 3 is 2.39 bits per heavy atom. The largest absolute Gasteiger partial charge is 0.416 e. The molecule has 2 nitrogen and oxygen atoms in total. The first-order valence-electron chi connectivity index (χ1n) is 5.08. The van der Waals surface area contributed by atoms with E-state index in [0.29, 0.717) is 0 Å². The SMILES string of the molecule is O=C(C[n+]1ccsc1)c1ccc(C(F)(F)F)cc1. The van der Waals surface area contributed by atoms with Crippen LogP contribution >= 0.6 is 11.3 Å². The number of benzene rings is 1. The van der Waals surface area contributed by atoms with Crippen molar-refractivity contribution < 1.29 is 22.5 Å². The number of halogens is 3. The van der Waals surface area contributed by atoms with Gasteiger partial charge in [0, 0.05) is 5.56 Å². The van der Waals surface area contributed by atoms with Crippen LogP contribution in [0.25, 0.3) is 0 Å². The molecule has 2 aromatic rings. The van der Waals surface area contributed by atoms with E-state index in [9.17, 15) is 18.0 Å². The van der Waals surface area contributed by atoms with Gasteiger partial charge in [-0.25, -0.2) is 0 Å². The van der Waals surface area contributed by atoms with Crippen LogP contribution in [-0.2, 0) is 12.7 Å². The average Bonchev–Trinajstić information content (AvgIpc) is 2.81. The number of hydrogen-bond acceptors (Lipinski definition) is 2. The van der Waals surface area contributed by atoms with E-state index in [1.807, 2.05) is 5.38 Å². The summed E-state index contributed by atoms with van der Waals surface area (Å²) in [6.45, 7) is 0.134. The van der Waals surface area contributed by atoms with Gasteiger partial charge in [0.2, 0.25) is 17.8 Å². The summed E-state index contributed by atoms with van der Waals surface area (Å²) < 4.78 is 38.7. The van der Waals surface area contributed by atoms with Gasteiger partial charge < -0.3 is 0 Å². The normalized spacial score (nSPS) is 11.5. The van der Waals surface area contributed by atoms with Crippen molar-refractivity contribution in [3.8, 4) is 0 Å². The predicted molar refractivity (Wildman–Crippen MR) is 60.3 cm³/mol. The molecule has 0 aliphatic rings. The van der Waals surface area contributed by atoms with Gasteiger partial charge in [-0.1, -0.05) is 23.5 Å². The van der Waals surface area contributed by atoms with Crippen LogP contribution in [0, 0.1) is 0 Å². The summed E-state index contributed by atoms with van der Waals surface area (Å²) in [5.41, 5.74) is 1.30. The van der Waals surface area contributed by atoms with Gasteiger partial charge in [0.05, 0.1) is 10.9 Å². The van der Waals surface area contributed by atoms with Crippen molar-refractivity contribution in [3.05, 3.63) is 52.5 Å². The van der Waals surface area contributed by atoms with Crippen molar-refractivity contribution in [2.24, 2.45) is 0 Å². The van der Waals surface area contributed by atoms with Gasteiger partial charge in [-0.15, -0.1) is 0 Å². The molecule has 0 aliphatic heterocycles. The van der Waals surface area contributed by atoms with Gasteiger partial charge in [-0.2, -0.15) is 17.7 Å². The number of thiazole rings is 1. The standard InChI is InChI=1S/C12H9F3NOS/c13-12(14,15)10-3-1-9(2-4-10)11(17)7-16-5-6-18-8-16/h1-6,8H,7H2/q+1. The zero-order chi connectivity index (χ0) is 13.2. The molecular weight excluding hydrogens is 263 g/mol. The van der Waals surface area contributed by atoms with Crippen LogP contribution in [0.4, 0.5) is 13.2 Å². The second-order valence-corrected chi connectivity index (χ2v) is 4.45. The smallest absolute Gasteiger partial charge is 0.287 e. The molecule has 1 aromatic heterocycles. The summed E-state index contributed by atoms with van der Waals surface area (Å²) in [5, 5.41) is 1.82. The van der Waals surface area contributed by atoms with E-state index >= 15 is 0 Å². The Morgan fingerprint density at radius 1 is 1.22 bits per heavy atom. The number of ketones is 1. The van der Waals surface area contributed by atoms with Crippen molar-refractivity contribution in [2.75, 3.05) is 0 Å². The molecule has 0 aliphatic carbocycles. The van der Waals surface area contributed by atoms with Crippen LogP contribution in [0.5, 0.6) is 0 Å². The molecule has 0 amide bonds. The molecule has 0 radical (unpaired) electrons. The Balaban J connectivity index is 2.12. The van der Waals surface area contributed by atoms with Crippen molar-refractivity contribution in [1.29, 1.82) is 0 Å². The van der Waals surface area contributed by atoms with Gasteiger partial charge in [0.15, 0.2) is 6.20 Å². The monoisotopic (exact) mass is 272 g/mol. The molecule has 0 atom stereocenters. The van der Waals surface area contributed by atoms with Crippen molar-refractivity contribution in [2.45, 2.75) is 12.7 Å². The van der Waals surface area contributed by atoms with Gasteiger partial charge in [-0.05, 0) is 12.1 Å². The molecule has 1 aromatic carbocycles. The van der Waals surface area contributed by atoms with Crippen LogP contribution in [-0.4, -0.2) is 5.78 Å². The Morgan fingerprint density at radius 2 is 1.89 bits per heavy atom. The summed E-state index contributed by atoms with van der Waals surface area (Å²) >= 11 is 1.44. The van der Waals surface area contributed by atoms with Crippen LogP contribution in [0.15, 0.2) is 41.4 Å². The molecule has 0 saturated carbocycles. The zero-order valence-electron chi connectivity index (χ0n) is 9.15. The van der Waals surface area contributed by atoms with Crippen LogP contribution < -0.4 is 4.57 Å². The molecule has 0 unspecified atom stereocenters. The zero-order valence-corrected chi connectivity index (χ0v) is 9.96. The number of hydrogen-bond donors (Lipinski definition) is 0. The summed E-state index contributed by atoms with van der Waals surface area (Å²) in [7, 11) is 0. The molecule has 0 saturated heterocycles. The predicted octanol–water partition coefficient (Wildman–Crippen LogP) is 2.94. The highest BCUT2D eigenvalue weighted by molar-refractivity contribution is 7.07. The van der Waals surface area contributed by atoms with Crippen molar-refractivity contribution >= 4 is 17.1 Å². The second-order valence-electron chi connectivity index (χ2n) is 3.70. The molecule has 6 heteroatoms. The quantitative estimate of drug-likeness (QED) is 0.621. The van der Waals surface area contributed by atoms with E-state index in [2.05, 4.69) is 0 Å². The Hall–Kier alpha value is -1.69. The van der Waals surface area contributed by atoms with Gasteiger partial charge in [-0.3, -0.25) is 4.79 Å². The lowest BCUT2D eigenvalue weighted by Crippen LogP contribution is -2.34. The molecule has 0 N–H and O–H groups in total. The minimum atomic E-state index is -4.37. The minimum absolute atomic E-state index is 0.134. The topological polar surface area (TPSA) is 20.9 Å². The summed E-state index contributed by atoms with van der Waals surface area (Å²) in [6, 6.07) is 4.26. The van der Waals surface area contributed by atoms with Gasteiger partial charge in [0.1, 0.15) is 0 Å². The molecule has 2 rings (SSSR count). The first-order chi connectivity index (χ1) is 8.47. The van der Waals surface area contributed by atoms with Crippen LogP contribution in [0.3, 0.4) is 0 Å². The number of Topliss-reactive ketones (excluding diaryl/α,β-unsaturated/α-hetero) is 1. The first-order valence-corrected chi connectivity index (χ1v) is 6.03. The fourth-order valence-corrected chi connectivity index (χ4v) is 2.05. The Bertz CT molecular complexity index is 531. The fraction of sp³-hybridized carbons (Fsp3) is 0.167. The third-order valence-electron chi connectivity index (χ3n) is 2.39. The van der Waals surface area contributed by atoms with Gasteiger partial charge in [0.25, 0.3) is 0 Å². The highest BCUT2D eigenvalue weighted by atomic mass is 32.1. The number of rotatable bonds is 3. The lowest BCUT2D eigenvalue weighted by Gasteiger charge is -2.06. The number of aromatic nitrogens is 1. The summed E-state index contributed by atoms with van der Waals surface area (Å²) in [4.78, 5) is 11.8. The molecule has 18 heavy (non-hydrogen) atoms. The lowest BCUT2D eigenvalue weighted by molar-refractivity contribution is -0.678. The maximum Gasteiger partial charge on any atom is 0.416 e. The number of carbonyl (C=O) groups excluding carboxylic acids is 1. The van der Waals surface area contributed by atoms with Crippen molar-refractivity contribution in [3.63, 3.8) is 0 Å². The summed E-state index contributed by atoms with van der Waals surface area (Å²) in [5.74, 6) is -0.216. The molecule has 1 heterocycles. The first kappa shape index (κ1) is 12.8. The molecule has 0 spiro atoms. The van der Waals surface area contributed by atoms with E-state index in [0.717, 1.165) is 12.1 Å². The summed E-state index contributed by atoms with van der Waals surface area (Å²) in [6.07, 6.45) is -2.63. The molecule has 0 bridgehead atoms. The number of nitrogens with zero attached hydrogens (tertiary/aromatic N) is 1. The maximum atomic E-state index is 12.3. The molecular formula is C12H9F3NOS+. The van der Waals surface area contributed by atoms with Gasteiger partial charge >= 0.3 is 6.18 Å². The van der Waals surface area contributed by atoms with Crippen LogP contribution in [0.2, 0.25) is 0 Å². The fourth-order valence-electron chi connectivity index (χ4n) is 1.45. The maximum absolute atomic E-state index is 12.3. The third-order valence-corrected chi connectivity index (χ3v) is 3.06. The lowest BCUT2D eigenvalue weighted by atomic mass is 10.1. The molecule has 0 fully saturated rings. The Labute approximate surface area is 105 Å². The van der Waals surface area contributed by atoms with E-state index in [-0.39, 0.29) is 17.9 Å². The van der Waals surface area contributed by atoms with E-state index in [1.165, 1.54) is 23.5 Å². The molecule has 94 valence electrons. The van der Waals surface area contributed by atoms with Crippen molar-refractivity contribution in [1.82, 2.24) is 0 Å².